The van der Waals surface area contributed by atoms with Gasteiger partial charge < -0.3 is 4.74 Å². The van der Waals surface area contributed by atoms with Crippen LogP contribution in [0.1, 0.15) is 20.3 Å². The van der Waals surface area contributed by atoms with Gasteiger partial charge in [0.15, 0.2) is 0 Å². The van der Waals surface area contributed by atoms with Crippen molar-refractivity contribution in [2.45, 2.75) is 20.3 Å². The third-order valence-electron chi connectivity index (χ3n) is 1.91. The number of ether oxygens (including phenoxy) is 1. The molecule has 0 radical (unpaired) electrons. The first-order chi connectivity index (χ1) is 6.22. The highest BCUT2D eigenvalue weighted by molar-refractivity contribution is 9.10. The molecule has 0 bridgehead atoms. The summed E-state index contributed by atoms with van der Waals surface area (Å²) < 4.78 is 6.46. The van der Waals surface area contributed by atoms with Crippen LogP contribution in [0.3, 0.4) is 0 Å². The Labute approximate surface area is 87.5 Å². The largest absolute Gasteiger partial charge is 0.477 e. The second-order valence-corrected chi connectivity index (χ2v) is 4.05. The van der Waals surface area contributed by atoms with Gasteiger partial charge in [-0.15, -0.1) is 0 Å². The van der Waals surface area contributed by atoms with Gasteiger partial charge >= 0.3 is 0 Å². The van der Waals surface area contributed by atoms with Crippen molar-refractivity contribution >= 4 is 15.9 Å². The van der Waals surface area contributed by atoms with E-state index in [-0.39, 0.29) is 0 Å². The van der Waals surface area contributed by atoms with E-state index in [1.165, 1.54) is 0 Å². The molecule has 0 aliphatic heterocycles. The third kappa shape index (κ3) is 3.77. The predicted octanol–water partition coefficient (Wildman–Crippen LogP) is 3.27. The van der Waals surface area contributed by atoms with E-state index >= 15 is 0 Å². The van der Waals surface area contributed by atoms with Crippen molar-refractivity contribution in [3.05, 3.63) is 22.8 Å². The zero-order valence-corrected chi connectivity index (χ0v) is 9.54. The zero-order chi connectivity index (χ0) is 9.68. The smallest absolute Gasteiger partial charge is 0.213 e. The lowest BCUT2D eigenvalue weighted by molar-refractivity contribution is 0.247. The fraction of sp³-hybridized carbons (Fsp3) is 0.500. The summed E-state index contributed by atoms with van der Waals surface area (Å²) in [5.41, 5.74) is 0. The van der Waals surface area contributed by atoms with Gasteiger partial charge in [0.2, 0.25) is 5.88 Å². The van der Waals surface area contributed by atoms with Crippen LogP contribution in [0.25, 0.3) is 0 Å². The molecule has 0 saturated carbocycles. The summed E-state index contributed by atoms with van der Waals surface area (Å²) in [5, 5.41) is 0. The molecule has 72 valence electrons. The average Bonchev–Trinajstić information content (AvgIpc) is 2.16. The van der Waals surface area contributed by atoms with Crippen LogP contribution in [0.2, 0.25) is 0 Å². The molecule has 0 saturated heterocycles. The number of pyridine rings is 1. The number of hydrogen-bond acceptors (Lipinski definition) is 2. The fourth-order valence-corrected chi connectivity index (χ4v) is 1.03. The van der Waals surface area contributed by atoms with Gasteiger partial charge in [-0.05, 0) is 27.9 Å². The van der Waals surface area contributed by atoms with Crippen LogP contribution < -0.4 is 4.74 Å². The second kappa shape index (κ2) is 5.22. The summed E-state index contributed by atoms with van der Waals surface area (Å²) in [6.07, 6.45) is 2.88. The molecule has 0 aliphatic carbocycles. The molecule has 0 spiro atoms. The van der Waals surface area contributed by atoms with E-state index in [1.807, 2.05) is 12.1 Å². The number of nitrogens with zero attached hydrogens (tertiary/aromatic N) is 1. The summed E-state index contributed by atoms with van der Waals surface area (Å²) in [4.78, 5) is 4.12. The third-order valence-corrected chi connectivity index (χ3v) is 2.38. The van der Waals surface area contributed by atoms with Crippen molar-refractivity contribution in [2.24, 2.45) is 5.92 Å². The molecule has 0 aromatic carbocycles. The maximum atomic E-state index is 5.48. The maximum absolute atomic E-state index is 5.48. The molecule has 2 nitrogen and oxygen atoms in total. The van der Waals surface area contributed by atoms with Crippen LogP contribution in [0, 0.1) is 5.92 Å². The van der Waals surface area contributed by atoms with E-state index in [4.69, 9.17) is 4.74 Å². The van der Waals surface area contributed by atoms with Crippen LogP contribution >= 0.6 is 15.9 Å². The summed E-state index contributed by atoms with van der Waals surface area (Å²) in [6.45, 7) is 5.06. The molecule has 0 aliphatic rings. The lowest BCUT2D eigenvalue weighted by atomic mass is 10.1. The SMILES string of the molecule is CC[C@H](C)COc1ccc(Br)cn1. The van der Waals surface area contributed by atoms with E-state index in [1.54, 1.807) is 6.20 Å². The monoisotopic (exact) mass is 243 g/mol. The minimum absolute atomic E-state index is 0.588. The van der Waals surface area contributed by atoms with Gasteiger partial charge in [-0.2, -0.15) is 0 Å². The quantitative estimate of drug-likeness (QED) is 0.810. The van der Waals surface area contributed by atoms with Crippen molar-refractivity contribution < 1.29 is 4.74 Å². The molecule has 0 unspecified atom stereocenters. The standard InChI is InChI=1S/C10H14BrNO/c1-3-8(2)7-13-10-5-4-9(11)6-12-10/h4-6,8H,3,7H2,1-2H3/t8-/m0/s1. The molecule has 3 heteroatoms. The van der Waals surface area contributed by atoms with Gasteiger partial charge in [0.25, 0.3) is 0 Å². The van der Waals surface area contributed by atoms with E-state index < -0.39 is 0 Å². The fourth-order valence-electron chi connectivity index (χ4n) is 0.793. The Kier molecular flexibility index (Phi) is 4.22. The van der Waals surface area contributed by atoms with Crippen molar-refractivity contribution in [3.63, 3.8) is 0 Å². The molecule has 1 rings (SSSR count). The summed E-state index contributed by atoms with van der Waals surface area (Å²) in [5.74, 6) is 1.29. The molecule has 1 aromatic rings. The first kappa shape index (κ1) is 10.5. The molecule has 1 aromatic heterocycles. The van der Waals surface area contributed by atoms with Crippen molar-refractivity contribution in [1.82, 2.24) is 4.98 Å². The number of hydrogen-bond donors (Lipinski definition) is 0. The topological polar surface area (TPSA) is 22.1 Å². The zero-order valence-electron chi connectivity index (χ0n) is 7.96. The van der Waals surface area contributed by atoms with Gasteiger partial charge in [0, 0.05) is 16.7 Å². The van der Waals surface area contributed by atoms with Crippen molar-refractivity contribution in [1.29, 1.82) is 0 Å². The van der Waals surface area contributed by atoms with E-state index in [0.717, 1.165) is 17.5 Å². The van der Waals surface area contributed by atoms with Gasteiger partial charge in [0.05, 0.1) is 6.61 Å². The lowest BCUT2D eigenvalue weighted by Crippen LogP contribution is -2.07. The minimum Gasteiger partial charge on any atom is -0.477 e. The van der Waals surface area contributed by atoms with Gasteiger partial charge in [-0.1, -0.05) is 20.3 Å². The van der Waals surface area contributed by atoms with Crippen LogP contribution in [-0.4, -0.2) is 11.6 Å². The Bertz CT molecular complexity index is 248. The van der Waals surface area contributed by atoms with E-state index in [0.29, 0.717) is 11.8 Å². The lowest BCUT2D eigenvalue weighted by Gasteiger charge is -2.09. The molecular weight excluding hydrogens is 230 g/mol. The van der Waals surface area contributed by atoms with E-state index in [9.17, 15) is 0 Å². The molecule has 0 fully saturated rings. The van der Waals surface area contributed by atoms with Crippen LogP contribution in [0.5, 0.6) is 5.88 Å². The summed E-state index contributed by atoms with van der Waals surface area (Å²) in [7, 11) is 0. The minimum atomic E-state index is 0.588. The molecular formula is C10H14BrNO. The van der Waals surface area contributed by atoms with Gasteiger partial charge in [-0.3, -0.25) is 0 Å². The Morgan fingerprint density at radius 2 is 2.31 bits per heavy atom. The highest BCUT2D eigenvalue weighted by atomic mass is 79.9. The predicted molar refractivity (Wildman–Crippen MR) is 56.9 cm³/mol. The Morgan fingerprint density at radius 1 is 1.54 bits per heavy atom. The maximum Gasteiger partial charge on any atom is 0.213 e. The number of halogens is 1. The van der Waals surface area contributed by atoms with Gasteiger partial charge in [-0.25, -0.2) is 4.98 Å². The van der Waals surface area contributed by atoms with Crippen molar-refractivity contribution in [3.8, 4) is 5.88 Å². The normalized spacial score (nSPS) is 12.5. The summed E-state index contributed by atoms with van der Waals surface area (Å²) >= 11 is 3.32. The highest BCUT2D eigenvalue weighted by Gasteiger charge is 2.00. The Hall–Kier alpha value is -0.570. The second-order valence-electron chi connectivity index (χ2n) is 3.14. The molecule has 13 heavy (non-hydrogen) atoms. The van der Waals surface area contributed by atoms with Crippen LogP contribution in [0.15, 0.2) is 22.8 Å². The average molecular weight is 244 g/mol. The highest BCUT2D eigenvalue weighted by Crippen LogP contribution is 2.13. The Morgan fingerprint density at radius 3 is 2.85 bits per heavy atom. The molecule has 1 atom stereocenters. The number of aromatic nitrogens is 1. The summed E-state index contributed by atoms with van der Waals surface area (Å²) in [6, 6.07) is 3.80. The van der Waals surface area contributed by atoms with E-state index in [2.05, 4.69) is 34.8 Å². The first-order valence-corrected chi connectivity index (χ1v) is 5.26. The molecule has 0 N–H and O–H groups in total. The first-order valence-electron chi connectivity index (χ1n) is 4.46. The molecule has 0 amide bonds. The Balaban J connectivity index is 2.41. The van der Waals surface area contributed by atoms with Crippen LogP contribution in [-0.2, 0) is 0 Å². The van der Waals surface area contributed by atoms with Crippen LogP contribution in [0.4, 0.5) is 0 Å². The number of rotatable bonds is 4. The molecule has 1 heterocycles. The van der Waals surface area contributed by atoms with Gasteiger partial charge in [0.1, 0.15) is 0 Å². The van der Waals surface area contributed by atoms with Crippen molar-refractivity contribution in [2.75, 3.05) is 6.61 Å².